The fraction of sp³-hybridized carbons (Fsp3) is 0.316. The number of nitrogens with zero attached hydrogens (tertiary/aromatic N) is 1. The Morgan fingerprint density at radius 3 is 2.52 bits per heavy atom. The Balaban J connectivity index is 1.96. The molecule has 0 amide bonds. The summed E-state index contributed by atoms with van der Waals surface area (Å²) < 4.78 is 16.1. The van der Waals surface area contributed by atoms with E-state index < -0.39 is 0 Å². The van der Waals surface area contributed by atoms with Gasteiger partial charge in [-0.1, -0.05) is 18.2 Å². The highest BCUT2D eigenvalue weighted by Gasteiger charge is 2.05. The molecule has 3 N–H and O–H groups in total. The van der Waals surface area contributed by atoms with Crippen LogP contribution in [0.2, 0.25) is 0 Å². The van der Waals surface area contributed by atoms with Gasteiger partial charge in [0, 0.05) is 18.3 Å². The SMILES string of the molecule is CCOc1ccccc1CCN=C(N)Nc1ccc(OC)c(OC)c1. The molecule has 25 heavy (non-hydrogen) atoms. The fourth-order valence-corrected chi connectivity index (χ4v) is 2.40. The van der Waals surface area contributed by atoms with E-state index in [4.69, 9.17) is 19.9 Å². The lowest BCUT2D eigenvalue weighted by Gasteiger charge is -2.11. The summed E-state index contributed by atoms with van der Waals surface area (Å²) in [6.45, 7) is 3.18. The van der Waals surface area contributed by atoms with Crippen LogP contribution in [0.15, 0.2) is 47.5 Å². The molecule has 0 atom stereocenters. The van der Waals surface area contributed by atoms with E-state index in [-0.39, 0.29) is 0 Å². The minimum Gasteiger partial charge on any atom is -0.494 e. The number of para-hydroxylation sites is 1. The van der Waals surface area contributed by atoms with Gasteiger partial charge in [-0.25, -0.2) is 0 Å². The van der Waals surface area contributed by atoms with Gasteiger partial charge in [0.15, 0.2) is 17.5 Å². The molecule has 0 spiro atoms. The van der Waals surface area contributed by atoms with Crippen LogP contribution in [-0.2, 0) is 6.42 Å². The molecule has 2 aromatic carbocycles. The molecule has 2 rings (SSSR count). The molecule has 0 saturated heterocycles. The van der Waals surface area contributed by atoms with E-state index in [1.807, 2.05) is 49.4 Å². The molecular formula is C19H25N3O3. The van der Waals surface area contributed by atoms with Gasteiger partial charge in [0.05, 0.1) is 20.8 Å². The van der Waals surface area contributed by atoms with E-state index in [1.54, 1.807) is 14.2 Å². The zero-order chi connectivity index (χ0) is 18.1. The molecule has 0 aliphatic rings. The molecule has 2 aromatic rings. The standard InChI is InChI=1S/C19H25N3O3/c1-4-25-16-8-6-5-7-14(16)11-12-21-19(20)22-15-9-10-17(23-2)18(13-15)24-3/h5-10,13H,4,11-12H2,1-3H3,(H3,20,21,22). The number of nitrogens with one attached hydrogen (secondary N) is 1. The van der Waals surface area contributed by atoms with Crippen molar-refractivity contribution < 1.29 is 14.2 Å². The first-order chi connectivity index (χ1) is 12.2. The van der Waals surface area contributed by atoms with Crippen molar-refractivity contribution in [3.05, 3.63) is 48.0 Å². The van der Waals surface area contributed by atoms with Crippen LogP contribution in [-0.4, -0.2) is 33.3 Å². The lowest BCUT2D eigenvalue weighted by molar-refractivity contribution is 0.336. The van der Waals surface area contributed by atoms with Crippen molar-refractivity contribution in [2.45, 2.75) is 13.3 Å². The van der Waals surface area contributed by atoms with Crippen molar-refractivity contribution >= 4 is 11.6 Å². The first-order valence-corrected chi connectivity index (χ1v) is 8.17. The Labute approximate surface area is 148 Å². The van der Waals surface area contributed by atoms with Gasteiger partial charge in [-0.05, 0) is 37.1 Å². The lowest BCUT2D eigenvalue weighted by atomic mass is 10.1. The molecule has 0 unspecified atom stereocenters. The second-order valence-electron chi connectivity index (χ2n) is 5.25. The van der Waals surface area contributed by atoms with Gasteiger partial charge in [-0.3, -0.25) is 4.99 Å². The number of rotatable bonds is 8. The Morgan fingerprint density at radius 1 is 1.04 bits per heavy atom. The Bertz CT molecular complexity index is 717. The number of benzene rings is 2. The van der Waals surface area contributed by atoms with E-state index in [2.05, 4.69) is 10.3 Å². The van der Waals surface area contributed by atoms with Crippen molar-refractivity contribution in [3.8, 4) is 17.2 Å². The number of nitrogens with two attached hydrogens (primary N) is 1. The monoisotopic (exact) mass is 343 g/mol. The van der Waals surface area contributed by atoms with Gasteiger partial charge < -0.3 is 25.3 Å². The Morgan fingerprint density at radius 2 is 1.80 bits per heavy atom. The van der Waals surface area contributed by atoms with Gasteiger partial charge in [-0.2, -0.15) is 0 Å². The smallest absolute Gasteiger partial charge is 0.193 e. The van der Waals surface area contributed by atoms with Crippen LogP contribution < -0.4 is 25.3 Å². The average molecular weight is 343 g/mol. The third-order valence-corrected chi connectivity index (χ3v) is 3.59. The summed E-state index contributed by atoms with van der Waals surface area (Å²) in [6, 6.07) is 13.4. The zero-order valence-electron chi connectivity index (χ0n) is 14.9. The predicted molar refractivity (Wildman–Crippen MR) is 101 cm³/mol. The van der Waals surface area contributed by atoms with Crippen LogP contribution in [0, 0.1) is 0 Å². The van der Waals surface area contributed by atoms with Crippen LogP contribution in [0.3, 0.4) is 0 Å². The van der Waals surface area contributed by atoms with Gasteiger partial charge in [0.2, 0.25) is 0 Å². The van der Waals surface area contributed by atoms with Crippen LogP contribution in [0.25, 0.3) is 0 Å². The highest BCUT2D eigenvalue weighted by atomic mass is 16.5. The quantitative estimate of drug-likeness (QED) is 0.569. The molecule has 0 aromatic heterocycles. The van der Waals surface area contributed by atoms with E-state index in [1.165, 1.54) is 0 Å². The number of hydrogen-bond donors (Lipinski definition) is 2. The first kappa shape index (κ1) is 18.4. The van der Waals surface area contributed by atoms with Crippen molar-refractivity contribution in [1.82, 2.24) is 0 Å². The topological polar surface area (TPSA) is 78.1 Å². The molecule has 6 heteroatoms. The minimum absolute atomic E-state index is 0.348. The third-order valence-electron chi connectivity index (χ3n) is 3.59. The molecule has 0 bridgehead atoms. The van der Waals surface area contributed by atoms with Crippen molar-refractivity contribution in [3.63, 3.8) is 0 Å². The maximum atomic E-state index is 5.96. The maximum absolute atomic E-state index is 5.96. The molecule has 6 nitrogen and oxygen atoms in total. The number of guanidine groups is 1. The van der Waals surface area contributed by atoms with Gasteiger partial charge in [0.1, 0.15) is 5.75 Å². The maximum Gasteiger partial charge on any atom is 0.193 e. The summed E-state index contributed by atoms with van der Waals surface area (Å²) >= 11 is 0. The van der Waals surface area contributed by atoms with Crippen molar-refractivity contribution in [2.24, 2.45) is 10.7 Å². The number of ether oxygens (including phenoxy) is 3. The average Bonchev–Trinajstić information content (AvgIpc) is 2.63. The normalized spacial score (nSPS) is 11.1. The van der Waals surface area contributed by atoms with Crippen LogP contribution >= 0.6 is 0 Å². The predicted octanol–water partition coefficient (Wildman–Crippen LogP) is 3.07. The highest BCUT2D eigenvalue weighted by Crippen LogP contribution is 2.29. The molecule has 0 radical (unpaired) electrons. The van der Waals surface area contributed by atoms with E-state index in [9.17, 15) is 0 Å². The largest absolute Gasteiger partial charge is 0.494 e. The Kier molecular flexibility index (Phi) is 6.95. The van der Waals surface area contributed by atoms with E-state index in [0.29, 0.717) is 30.6 Å². The van der Waals surface area contributed by atoms with E-state index in [0.717, 1.165) is 23.4 Å². The summed E-state index contributed by atoms with van der Waals surface area (Å²) in [7, 11) is 3.19. The molecule has 0 fully saturated rings. The van der Waals surface area contributed by atoms with Crippen LogP contribution in [0.4, 0.5) is 5.69 Å². The number of methoxy groups -OCH3 is 2. The van der Waals surface area contributed by atoms with E-state index >= 15 is 0 Å². The van der Waals surface area contributed by atoms with Crippen molar-refractivity contribution in [2.75, 3.05) is 32.7 Å². The highest BCUT2D eigenvalue weighted by molar-refractivity contribution is 5.92. The second kappa shape index (κ2) is 9.42. The summed E-state index contributed by atoms with van der Waals surface area (Å²) in [5.74, 6) is 2.54. The molecule has 134 valence electrons. The molecular weight excluding hydrogens is 318 g/mol. The van der Waals surface area contributed by atoms with Gasteiger partial charge in [-0.15, -0.1) is 0 Å². The van der Waals surface area contributed by atoms with Crippen molar-refractivity contribution in [1.29, 1.82) is 0 Å². The third kappa shape index (κ3) is 5.31. The van der Waals surface area contributed by atoms with Crippen LogP contribution in [0.1, 0.15) is 12.5 Å². The van der Waals surface area contributed by atoms with Crippen LogP contribution in [0.5, 0.6) is 17.2 Å². The van der Waals surface area contributed by atoms with Gasteiger partial charge in [0.25, 0.3) is 0 Å². The number of hydrogen-bond acceptors (Lipinski definition) is 4. The fourth-order valence-electron chi connectivity index (χ4n) is 2.40. The molecule has 0 saturated carbocycles. The second-order valence-corrected chi connectivity index (χ2v) is 5.25. The first-order valence-electron chi connectivity index (χ1n) is 8.17. The summed E-state index contributed by atoms with van der Waals surface area (Å²) in [6.07, 6.45) is 0.754. The summed E-state index contributed by atoms with van der Waals surface area (Å²) in [5, 5.41) is 3.05. The molecule has 0 aliphatic carbocycles. The van der Waals surface area contributed by atoms with Gasteiger partial charge >= 0.3 is 0 Å². The minimum atomic E-state index is 0.348. The molecule has 0 aliphatic heterocycles. The summed E-state index contributed by atoms with van der Waals surface area (Å²) in [4.78, 5) is 4.37. The number of aliphatic imine (C=N–C) groups is 1. The zero-order valence-corrected chi connectivity index (χ0v) is 14.9. The lowest BCUT2D eigenvalue weighted by Crippen LogP contribution is -2.23. The summed E-state index contributed by atoms with van der Waals surface area (Å²) in [5.41, 5.74) is 7.87. The number of anilines is 1. The molecule has 0 heterocycles. The Hall–Kier alpha value is -2.89.